The molecule has 9 heteroatoms. The summed E-state index contributed by atoms with van der Waals surface area (Å²) in [7, 11) is 0. The van der Waals surface area contributed by atoms with Crippen LogP contribution in [-0.4, -0.2) is 39.8 Å². The minimum atomic E-state index is -0.115. The fourth-order valence-electron chi connectivity index (χ4n) is 3.51. The van der Waals surface area contributed by atoms with Gasteiger partial charge in [0.2, 0.25) is 17.6 Å². The lowest BCUT2D eigenvalue weighted by Crippen LogP contribution is -2.40. The van der Waals surface area contributed by atoms with E-state index in [0.29, 0.717) is 66.1 Å². The van der Waals surface area contributed by atoms with Gasteiger partial charge in [-0.1, -0.05) is 28.4 Å². The van der Waals surface area contributed by atoms with Crippen LogP contribution in [0.1, 0.15) is 35.5 Å². The first-order chi connectivity index (χ1) is 14.5. The topological polar surface area (TPSA) is 76.3 Å². The maximum absolute atomic E-state index is 12.7. The van der Waals surface area contributed by atoms with E-state index in [1.54, 1.807) is 34.4 Å². The van der Waals surface area contributed by atoms with E-state index in [9.17, 15) is 9.59 Å². The van der Waals surface area contributed by atoms with E-state index in [4.69, 9.17) is 27.7 Å². The number of aromatic nitrogens is 2. The molecule has 0 radical (unpaired) electrons. The number of thiophene rings is 1. The number of halogens is 2. The van der Waals surface area contributed by atoms with E-state index in [-0.39, 0.29) is 17.6 Å². The van der Waals surface area contributed by atoms with Crippen LogP contribution >= 0.6 is 34.5 Å². The summed E-state index contributed by atoms with van der Waals surface area (Å²) in [6.45, 7) is 1.11. The van der Waals surface area contributed by atoms with Gasteiger partial charge < -0.3 is 9.42 Å². The molecule has 1 amide bonds. The number of ketones is 1. The molecule has 2 aromatic heterocycles. The number of piperidine rings is 1. The number of benzene rings is 1. The molecule has 30 heavy (non-hydrogen) atoms. The van der Waals surface area contributed by atoms with Crippen molar-refractivity contribution in [2.45, 2.75) is 25.7 Å². The smallest absolute Gasteiger partial charge is 0.227 e. The van der Waals surface area contributed by atoms with Crippen LogP contribution in [0.15, 0.2) is 39.5 Å². The van der Waals surface area contributed by atoms with Crippen LogP contribution in [0.2, 0.25) is 10.0 Å². The molecule has 1 fully saturated rings. The molecule has 0 atom stereocenters. The van der Waals surface area contributed by atoms with Crippen molar-refractivity contribution in [3.05, 3.63) is 56.5 Å². The van der Waals surface area contributed by atoms with Crippen LogP contribution in [0, 0.1) is 5.92 Å². The number of aryl methyl sites for hydroxylation is 1. The Morgan fingerprint density at radius 3 is 2.67 bits per heavy atom. The summed E-state index contributed by atoms with van der Waals surface area (Å²) >= 11 is 13.5. The van der Waals surface area contributed by atoms with Crippen LogP contribution in [0.5, 0.6) is 0 Å². The second kappa shape index (κ2) is 9.29. The Morgan fingerprint density at radius 2 is 1.97 bits per heavy atom. The summed E-state index contributed by atoms with van der Waals surface area (Å²) in [5.41, 5.74) is 1.47. The third-order valence-corrected chi connectivity index (χ3v) is 6.65. The molecule has 0 spiro atoms. The highest BCUT2D eigenvalue weighted by molar-refractivity contribution is 7.08. The van der Waals surface area contributed by atoms with E-state index in [1.807, 2.05) is 16.8 Å². The third-order valence-electron chi connectivity index (χ3n) is 5.22. The highest BCUT2D eigenvalue weighted by Gasteiger charge is 2.28. The predicted octanol–water partition coefficient (Wildman–Crippen LogP) is 5.16. The second-order valence-corrected chi connectivity index (χ2v) is 8.77. The van der Waals surface area contributed by atoms with Gasteiger partial charge in [0, 0.05) is 48.4 Å². The van der Waals surface area contributed by atoms with Crippen molar-refractivity contribution in [3.8, 4) is 11.4 Å². The van der Waals surface area contributed by atoms with Crippen molar-refractivity contribution in [2.24, 2.45) is 5.92 Å². The van der Waals surface area contributed by atoms with Crippen molar-refractivity contribution in [3.63, 3.8) is 0 Å². The van der Waals surface area contributed by atoms with E-state index in [0.717, 1.165) is 5.56 Å². The SMILES string of the molecule is O=C(c1ccc(Cl)c(Cl)c1)C1CCN(C(=O)CCc2nc(-c3ccsc3)no2)CC1. The highest BCUT2D eigenvalue weighted by atomic mass is 35.5. The van der Waals surface area contributed by atoms with Gasteiger partial charge in [0.15, 0.2) is 5.78 Å². The fraction of sp³-hybridized carbons (Fsp3) is 0.333. The van der Waals surface area contributed by atoms with E-state index < -0.39 is 0 Å². The molecular weight excluding hydrogens is 445 g/mol. The number of carbonyl (C=O) groups excluding carboxylic acids is 2. The Hall–Kier alpha value is -2.22. The zero-order valence-corrected chi connectivity index (χ0v) is 18.3. The Bertz CT molecular complexity index is 1040. The molecule has 3 aromatic rings. The van der Waals surface area contributed by atoms with Crippen molar-refractivity contribution in [2.75, 3.05) is 13.1 Å². The number of hydrogen-bond acceptors (Lipinski definition) is 6. The maximum atomic E-state index is 12.7. The van der Waals surface area contributed by atoms with Crippen molar-refractivity contribution in [1.82, 2.24) is 15.0 Å². The molecule has 4 rings (SSSR count). The van der Waals surface area contributed by atoms with Gasteiger partial charge in [0.25, 0.3) is 0 Å². The zero-order chi connectivity index (χ0) is 21.1. The van der Waals surface area contributed by atoms with Crippen molar-refractivity contribution < 1.29 is 14.1 Å². The predicted molar refractivity (Wildman–Crippen MR) is 116 cm³/mol. The molecule has 0 saturated carbocycles. The molecule has 0 unspecified atom stereocenters. The van der Waals surface area contributed by atoms with E-state index in [1.165, 1.54) is 0 Å². The molecule has 156 valence electrons. The summed E-state index contributed by atoms with van der Waals surface area (Å²) in [6, 6.07) is 6.87. The molecule has 3 heterocycles. The van der Waals surface area contributed by atoms with E-state index in [2.05, 4.69) is 10.1 Å². The van der Waals surface area contributed by atoms with Crippen molar-refractivity contribution >= 4 is 46.2 Å². The first kappa shape index (κ1) is 21.0. The third kappa shape index (κ3) is 4.74. The second-order valence-electron chi connectivity index (χ2n) is 7.17. The van der Waals surface area contributed by atoms with Gasteiger partial charge in [-0.15, -0.1) is 0 Å². The summed E-state index contributed by atoms with van der Waals surface area (Å²) < 4.78 is 5.25. The Morgan fingerprint density at radius 1 is 1.17 bits per heavy atom. The van der Waals surface area contributed by atoms with Crippen molar-refractivity contribution in [1.29, 1.82) is 0 Å². The number of rotatable bonds is 6. The molecule has 6 nitrogen and oxygen atoms in total. The lowest BCUT2D eigenvalue weighted by molar-refractivity contribution is -0.132. The summed E-state index contributed by atoms with van der Waals surface area (Å²) in [5.74, 6) is 0.961. The summed E-state index contributed by atoms with van der Waals surface area (Å²) in [5, 5.41) is 8.66. The van der Waals surface area contributed by atoms with Gasteiger partial charge in [-0.05, 0) is 42.5 Å². The fourth-order valence-corrected chi connectivity index (χ4v) is 4.45. The van der Waals surface area contributed by atoms with Crippen LogP contribution in [-0.2, 0) is 11.2 Å². The van der Waals surface area contributed by atoms with Gasteiger partial charge in [-0.25, -0.2) is 0 Å². The minimum absolute atomic E-state index is 0.0331. The van der Waals surface area contributed by atoms with Crippen LogP contribution in [0.4, 0.5) is 0 Å². The first-order valence-corrected chi connectivity index (χ1v) is 11.3. The lowest BCUT2D eigenvalue weighted by Gasteiger charge is -2.31. The number of Topliss-reactive ketones (excluding diaryl/α,β-unsaturated/α-hetero) is 1. The van der Waals surface area contributed by atoms with Gasteiger partial charge in [0.05, 0.1) is 10.0 Å². The molecule has 0 bridgehead atoms. The zero-order valence-electron chi connectivity index (χ0n) is 16.0. The number of hydrogen-bond donors (Lipinski definition) is 0. The summed E-state index contributed by atoms with van der Waals surface area (Å²) in [6.07, 6.45) is 1.97. The normalized spacial score (nSPS) is 14.8. The number of carbonyl (C=O) groups is 2. The Labute approximate surface area is 187 Å². The standard InChI is InChI=1S/C21H19Cl2N3O3S/c22-16-2-1-14(11-17(16)23)20(28)13-5-8-26(9-6-13)19(27)4-3-18-24-21(25-29-18)15-7-10-30-12-15/h1-2,7,10-13H,3-6,8-9H2. The molecule has 1 aliphatic heterocycles. The Balaban J connectivity index is 1.27. The van der Waals surface area contributed by atoms with Crippen LogP contribution < -0.4 is 0 Å². The molecule has 0 N–H and O–H groups in total. The summed E-state index contributed by atoms with van der Waals surface area (Å²) in [4.78, 5) is 31.4. The number of nitrogens with zero attached hydrogens (tertiary/aromatic N) is 3. The van der Waals surface area contributed by atoms with Crippen LogP contribution in [0.3, 0.4) is 0 Å². The van der Waals surface area contributed by atoms with Crippen LogP contribution in [0.25, 0.3) is 11.4 Å². The Kier molecular flexibility index (Phi) is 6.51. The van der Waals surface area contributed by atoms with Gasteiger partial charge in [-0.3, -0.25) is 9.59 Å². The van der Waals surface area contributed by atoms with Gasteiger partial charge in [0.1, 0.15) is 0 Å². The highest BCUT2D eigenvalue weighted by Crippen LogP contribution is 2.27. The minimum Gasteiger partial charge on any atom is -0.343 e. The number of amides is 1. The largest absolute Gasteiger partial charge is 0.343 e. The molecule has 0 aliphatic carbocycles. The van der Waals surface area contributed by atoms with Gasteiger partial charge in [-0.2, -0.15) is 16.3 Å². The average Bonchev–Trinajstić information content (AvgIpc) is 3.45. The molecule has 1 saturated heterocycles. The molecular formula is C21H19Cl2N3O3S. The van der Waals surface area contributed by atoms with Gasteiger partial charge >= 0.3 is 0 Å². The number of likely N-dealkylation sites (tertiary alicyclic amines) is 1. The first-order valence-electron chi connectivity index (χ1n) is 9.63. The maximum Gasteiger partial charge on any atom is 0.227 e. The molecule has 1 aliphatic rings. The monoisotopic (exact) mass is 463 g/mol. The van der Waals surface area contributed by atoms with E-state index >= 15 is 0 Å². The molecule has 1 aromatic carbocycles. The lowest BCUT2D eigenvalue weighted by atomic mass is 9.89. The quantitative estimate of drug-likeness (QED) is 0.471. The average molecular weight is 464 g/mol.